The molecule has 3 nitrogen and oxygen atoms in total. The van der Waals surface area contributed by atoms with Crippen LogP contribution in [0.5, 0.6) is 0 Å². The molecule has 2 heterocycles. The molecular formula is C23H28N2O. The standard InChI is InChI=1S/C23H28N2O/c26-23(22-8-6-19(7-9-22)20-10-14-24-15-11-20)25-16-12-21(13-17-25)18-4-2-1-3-5-18/h1-9,20-21,24H,10-17H2. The molecular weight excluding hydrogens is 320 g/mol. The van der Waals surface area contributed by atoms with Gasteiger partial charge in [0.1, 0.15) is 0 Å². The lowest BCUT2D eigenvalue weighted by Gasteiger charge is -2.32. The van der Waals surface area contributed by atoms with Crippen molar-refractivity contribution in [3.05, 3.63) is 71.3 Å². The summed E-state index contributed by atoms with van der Waals surface area (Å²) in [5, 5.41) is 3.41. The number of likely N-dealkylation sites (tertiary alicyclic amines) is 1. The Kier molecular flexibility index (Phi) is 5.35. The van der Waals surface area contributed by atoms with Gasteiger partial charge in [-0.25, -0.2) is 0 Å². The highest BCUT2D eigenvalue weighted by molar-refractivity contribution is 5.94. The van der Waals surface area contributed by atoms with Gasteiger partial charge in [0.25, 0.3) is 5.91 Å². The number of amides is 1. The number of nitrogens with one attached hydrogen (secondary N) is 1. The normalized spacial score (nSPS) is 19.5. The second-order valence-corrected chi connectivity index (χ2v) is 7.62. The van der Waals surface area contributed by atoms with Gasteiger partial charge in [0.05, 0.1) is 0 Å². The Morgan fingerprint density at radius 3 is 2.00 bits per heavy atom. The van der Waals surface area contributed by atoms with Gasteiger partial charge in [-0.3, -0.25) is 4.79 Å². The number of carbonyl (C=O) groups excluding carboxylic acids is 1. The molecule has 4 rings (SSSR count). The Hall–Kier alpha value is -2.13. The first-order chi connectivity index (χ1) is 12.8. The quantitative estimate of drug-likeness (QED) is 0.903. The fraction of sp³-hybridized carbons (Fsp3) is 0.435. The molecule has 2 aliphatic heterocycles. The molecule has 0 radical (unpaired) electrons. The van der Waals surface area contributed by atoms with Gasteiger partial charge < -0.3 is 10.2 Å². The average Bonchev–Trinajstić information content (AvgIpc) is 2.75. The van der Waals surface area contributed by atoms with Crippen molar-refractivity contribution in [3.8, 4) is 0 Å². The Morgan fingerprint density at radius 2 is 1.35 bits per heavy atom. The number of rotatable bonds is 3. The third kappa shape index (κ3) is 3.83. The van der Waals surface area contributed by atoms with E-state index >= 15 is 0 Å². The van der Waals surface area contributed by atoms with Crippen LogP contribution in [0.2, 0.25) is 0 Å². The third-order valence-corrected chi connectivity index (χ3v) is 6.02. The predicted octanol–water partition coefficient (Wildman–Crippen LogP) is 4.17. The second-order valence-electron chi connectivity index (χ2n) is 7.62. The van der Waals surface area contributed by atoms with E-state index in [0.29, 0.717) is 11.8 Å². The number of nitrogens with zero attached hydrogens (tertiary/aromatic N) is 1. The fourth-order valence-electron chi connectivity index (χ4n) is 4.38. The van der Waals surface area contributed by atoms with Gasteiger partial charge in [0, 0.05) is 18.7 Å². The van der Waals surface area contributed by atoms with E-state index in [-0.39, 0.29) is 5.91 Å². The SMILES string of the molecule is O=C(c1ccc(C2CCNCC2)cc1)N1CCC(c2ccccc2)CC1. The molecule has 2 fully saturated rings. The van der Waals surface area contributed by atoms with Crippen molar-refractivity contribution in [3.63, 3.8) is 0 Å². The van der Waals surface area contributed by atoms with E-state index in [1.807, 2.05) is 17.0 Å². The number of benzene rings is 2. The number of hydrogen-bond donors (Lipinski definition) is 1. The van der Waals surface area contributed by atoms with E-state index < -0.39 is 0 Å². The summed E-state index contributed by atoms with van der Waals surface area (Å²) in [5.41, 5.74) is 3.62. The Morgan fingerprint density at radius 1 is 0.769 bits per heavy atom. The van der Waals surface area contributed by atoms with Crippen LogP contribution in [0.25, 0.3) is 0 Å². The van der Waals surface area contributed by atoms with Crippen LogP contribution in [0.15, 0.2) is 54.6 Å². The minimum atomic E-state index is 0.188. The zero-order chi connectivity index (χ0) is 17.8. The van der Waals surface area contributed by atoms with Crippen molar-refractivity contribution in [1.82, 2.24) is 10.2 Å². The van der Waals surface area contributed by atoms with E-state index in [4.69, 9.17) is 0 Å². The maximum absolute atomic E-state index is 12.8. The zero-order valence-electron chi connectivity index (χ0n) is 15.4. The molecule has 2 aliphatic rings. The molecule has 0 saturated carbocycles. The predicted molar refractivity (Wildman–Crippen MR) is 106 cm³/mol. The molecule has 136 valence electrons. The Labute approximate surface area is 156 Å². The average molecular weight is 348 g/mol. The summed E-state index contributed by atoms with van der Waals surface area (Å²) < 4.78 is 0. The monoisotopic (exact) mass is 348 g/mol. The highest BCUT2D eigenvalue weighted by Gasteiger charge is 2.24. The number of hydrogen-bond acceptors (Lipinski definition) is 2. The first-order valence-corrected chi connectivity index (χ1v) is 9.96. The van der Waals surface area contributed by atoms with Crippen LogP contribution in [-0.4, -0.2) is 37.0 Å². The molecule has 0 bridgehead atoms. The molecule has 1 N–H and O–H groups in total. The molecule has 2 saturated heterocycles. The lowest BCUT2D eigenvalue weighted by atomic mass is 9.88. The van der Waals surface area contributed by atoms with Crippen LogP contribution in [0, 0.1) is 0 Å². The topological polar surface area (TPSA) is 32.3 Å². The summed E-state index contributed by atoms with van der Waals surface area (Å²) in [4.78, 5) is 14.9. The van der Waals surface area contributed by atoms with Crippen LogP contribution in [0.4, 0.5) is 0 Å². The van der Waals surface area contributed by atoms with Gasteiger partial charge in [-0.15, -0.1) is 0 Å². The molecule has 26 heavy (non-hydrogen) atoms. The molecule has 0 unspecified atom stereocenters. The summed E-state index contributed by atoms with van der Waals surface area (Å²) >= 11 is 0. The first-order valence-electron chi connectivity index (χ1n) is 9.96. The minimum Gasteiger partial charge on any atom is -0.339 e. The highest BCUT2D eigenvalue weighted by atomic mass is 16.2. The zero-order valence-corrected chi connectivity index (χ0v) is 15.4. The second kappa shape index (κ2) is 8.05. The van der Waals surface area contributed by atoms with E-state index in [2.05, 4.69) is 47.8 Å². The van der Waals surface area contributed by atoms with Crippen molar-refractivity contribution in [2.75, 3.05) is 26.2 Å². The molecule has 3 heteroatoms. The van der Waals surface area contributed by atoms with Crippen LogP contribution in [0.1, 0.15) is 59.0 Å². The third-order valence-electron chi connectivity index (χ3n) is 6.02. The molecule has 1 amide bonds. The maximum Gasteiger partial charge on any atom is 0.253 e. The smallest absolute Gasteiger partial charge is 0.253 e. The van der Waals surface area contributed by atoms with Crippen molar-refractivity contribution < 1.29 is 4.79 Å². The minimum absolute atomic E-state index is 0.188. The van der Waals surface area contributed by atoms with Gasteiger partial charge >= 0.3 is 0 Å². The van der Waals surface area contributed by atoms with Crippen molar-refractivity contribution in [1.29, 1.82) is 0 Å². The van der Waals surface area contributed by atoms with E-state index in [1.54, 1.807) is 0 Å². The molecule has 0 atom stereocenters. The fourth-order valence-corrected chi connectivity index (χ4v) is 4.38. The lowest BCUT2D eigenvalue weighted by molar-refractivity contribution is 0.0713. The summed E-state index contributed by atoms with van der Waals surface area (Å²) in [5.74, 6) is 1.41. The van der Waals surface area contributed by atoms with Gasteiger partial charge in [-0.05, 0) is 73.9 Å². The lowest BCUT2D eigenvalue weighted by Crippen LogP contribution is -2.37. The van der Waals surface area contributed by atoms with Crippen LogP contribution in [0.3, 0.4) is 0 Å². The molecule has 2 aromatic rings. The Bertz CT molecular complexity index is 712. The van der Waals surface area contributed by atoms with Crippen molar-refractivity contribution in [2.24, 2.45) is 0 Å². The summed E-state index contributed by atoms with van der Waals surface area (Å²) in [6.45, 7) is 3.91. The van der Waals surface area contributed by atoms with Crippen molar-refractivity contribution >= 4 is 5.91 Å². The summed E-state index contributed by atoms with van der Waals surface area (Å²) in [6.07, 6.45) is 4.51. The van der Waals surface area contributed by atoms with Gasteiger partial charge in [-0.1, -0.05) is 42.5 Å². The van der Waals surface area contributed by atoms with Gasteiger partial charge in [0.15, 0.2) is 0 Å². The summed E-state index contributed by atoms with van der Waals surface area (Å²) in [6, 6.07) is 19.1. The van der Waals surface area contributed by atoms with E-state index in [9.17, 15) is 4.79 Å². The van der Waals surface area contributed by atoms with Crippen LogP contribution < -0.4 is 5.32 Å². The van der Waals surface area contributed by atoms with Gasteiger partial charge in [-0.2, -0.15) is 0 Å². The highest BCUT2D eigenvalue weighted by Crippen LogP contribution is 2.29. The van der Waals surface area contributed by atoms with Gasteiger partial charge in [0.2, 0.25) is 0 Å². The van der Waals surface area contributed by atoms with Crippen LogP contribution >= 0.6 is 0 Å². The number of piperidine rings is 2. The number of carbonyl (C=O) groups is 1. The first kappa shape index (κ1) is 17.3. The molecule has 0 aromatic heterocycles. The van der Waals surface area contributed by atoms with Crippen molar-refractivity contribution in [2.45, 2.75) is 37.5 Å². The maximum atomic E-state index is 12.8. The Balaban J connectivity index is 1.36. The van der Waals surface area contributed by atoms with E-state index in [1.165, 1.54) is 24.0 Å². The molecule has 0 aliphatic carbocycles. The molecule has 2 aromatic carbocycles. The largest absolute Gasteiger partial charge is 0.339 e. The van der Waals surface area contributed by atoms with Crippen LogP contribution in [-0.2, 0) is 0 Å². The summed E-state index contributed by atoms with van der Waals surface area (Å²) in [7, 11) is 0. The van der Waals surface area contributed by atoms with E-state index in [0.717, 1.165) is 44.6 Å². The molecule has 0 spiro atoms.